The molecule has 0 radical (unpaired) electrons. The molecule has 0 saturated carbocycles. The Hall–Kier alpha value is -3.58. The Labute approximate surface area is 178 Å². The number of nitrogen functional groups attached to an aromatic ring is 2. The van der Waals surface area contributed by atoms with Gasteiger partial charge in [-0.1, -0.05) is 41.4 Å². The summed E-state index contributed by atoms with van der Waals surface area (Å²) in [5, 5.41) is 4.89. The van der Waals surface area contributed by atoms with Gasteiger partial charge in [-0.05, 0) is 43.5 Å². The molecule has 7 nitrogen and oxygen atoms in total. The minimum absolute atomic E-state index is 0.111. The summed E-state index contributed by atoms with van der Waals surface area (Å²) in [5.74, 6) is 0.518. The summed E-state index contributed by atoms with van der Waals surface area (Å²) in [6, 6.07) is 14.8. The summed E-state index contributed by atoms with van der Waals surface area (Å²) in [5.41, 5.74) is 14.4. The van der Waals surface area contributed by atoms with Gasteiger partial charge in [0.15, 0.2) is 5.82 Å². The number of nitrogens with two attached hydrogens (primary N) is 2. The molecule has 8 heteroatoms. The number of anilines is 3. The van der Waals surface area contributed by atoms with Crippen molar-refractivity contribution in [2.75, 3.05) is 16.8 Å². The fourth-order valence-corrected chi connectivity index (χ4v) is 3.68. The summed E-state index contributed by atoms with van der Waals surface area (Å²) in [4.78, 5) is 21.6. The number of rotatable bonds is 4. The fourth-order valence-electron chi connectivity index (χ4n) is 3.42. The van der Waals surface area contributed by atoms with E-state index in [1.165, 1.54) is 6.20 Å². The van der Waals surface area contributed by atoms with Crippen LogP contribution in [0.4, 0.5) is 17.5 Å². The van der Waals surface area contributed by atoms with Crippen LogP contribution in [0.1, 0.15) is 24.2 Å². The largest absolute Gasteiger partial charge is 0.394 e. The Morgan fingerprint density at radius 1 is 1.13 bits per heavy atom. The lowest BCUT2D eigenvalue weighted by Gasteiger charge is -2.22. The molecule has 0 spiro atoms. The van der Waals surface area contributed by atoms with Crippen LogP contribution in [0.5, 0.6) is 0 Å². The predicted octanol–water partition coefficient (Wildman–Crippen LogP) is 4.08. The molecule has 0 unspecified atom stereocenters. The lowest BCUT2D eigenvalue weighted by molar-refractivity contribution is 0.773. The van der Waals surface area contributed by atoms with Gasteiger partial charge in [0.1, 0.15) is 0 Å². The third-order valence-corrected chi connectivity index (χ3v) is 5.26. The maximum Gasteiger partial charge on any atom is 0.264 e. The van der Waals surface area contributed by atoms with Crippen LogP contribution in [-0.4, -0.2) is 14.5 Å². The van der Waals surface area contributed by atoms with Crippen LogP contribution < -0.4 is 22.3 Å². The SMILES string of the molecule is Cc1ccc(-n2c([C@H](C)Nc3nc(N)ncc3N)cc3cccc(Cl)c3c2=O)cc1. The number of hydrogen-bond acceptors (Lipinski definition) is 6. The Morgan fingerprint density at radius 3 is 2.60 bits per heavy atom. The number of halogens is 1. The molecule has 5 N–H and O–H groups in total. The predicted molar refractivity (Wildman–Crippen MR) is 122 cm³/mol. The third kappa shape index (κ3) is 3.55. The van der Waals surface area contributed by atoms with E-state index in [9.17, 15) is 4.79 Å². The van der Waals surface area contributed by atoms with Crippen LogP contribution in [0.2, 0.25) is 5.02 Å². The average molecular weight is 421 g/mol. The topological polar surface area (TPSA) is 112 Å². The molecular weight excluding hydrogens is 400 g/mol. The normalized spacial score (nSPS) is 12.1. The number of benzene rings is 2. The molecule has 0 aliphatic carbocycles. The van der Waals surface area contributed by atoms with E-state index in [-0.39, 0.29) is 17.5 Å². The van der Waals surface area contributed by atoms with Crippen LogP contribution in [0, 0.1) is 6.92 Å². The van der Waals surface area contributed by atoms with Gasteiger partial charge in [0.25, 0.3) is 5.56 Å². The van der Waals surface area contributed by atoms with Gasteiger partial charge in [-0.2, -0.15) is 4.98 Å². The summed E-state index contributed by atoms with van der Waals surface area (Å²) in [6.45, 7) is 3.92. The molecule has 0 aliphatic heterocycles. The standard InChI is InChI=1S/C22H21ClN6O/c1-12-6-8-15(9-7-12)29-18(10-14-4-3-5-16(23)19(14)21(29)30)13(2)27-20-17(24)11-26-22(25)28-20/h3-11,13H,24H2,1-2H3,(H3,25,26,27,28)/t13-/m0/s1. The van der Waals surface area contributed by atoms with Crippen molar-refractivity contribution in [3.63, 3.8) is 0 Å². The smallest absolute Gasteiger partial charge is 0.264 e. The Balaban J connectivity index is 1.93. The lowest BCUT2D eigenvalue weighted by atomic mass is 10.1. The van der Waals surface area contributed by atoms with Gasteiger partial charge in [-0.3, -0.25) is 9.36 Å². The minimum Gasteiger partial charge on any atom is -0.394 e. The van der Waals surface area contributed by atoms with Crippen molar-refractivity contribution in [2.24, 2.45) is 0 Å². The van der Waals surface area contributed by atoms with Crippen LogP contribution in [0.3, 0.4) is 0 Å². The molecule has 0 amide bonds. The molecule has 2 aromatic carbocycles. The lowest BCUT2D eigenvalue weighted by Crippen LogP contribution is -2.26. The Bertz CT molecular complexity index is 1300. The molecule has 0 bridgehead atoms. The van der Waals surface area contributed by atoms with Gasteiger partial charge in [0.2, 0.25) is 5.95 Å². The van der Waals surface area contributed by atoms with E-state index in [1.807, 2.05) is 56.3 Å². The number of nitrogens with one attached hydrogen (secondary N) is 1. The van der Waals surface area contributed by atoms with Gasteiger partial charge >= 0.3 is 0 Å². The molecule has 2 aromatic heterocycles. The maximum absolute atomic E-state index is 13.5. The van der Waals surface area contributed by atoms with Gasteiger partial charge in [0, 0.05) is 11.4 Å². The van der Waals surface area contributed by atoms with E-state index in [2.05, 4.69) is 15.3 Å². The minimum atomic E-state index is -0.320. The monoisotopic (exact) mass is 420 g/mol. The number of nitrogens with zero attached hydrogens (tertiary/aromatic N) is 3. The Morgan fingerprint density at radius 2 is 1.87 bits per heavy atom. The molecule has 4 rings (SSSR count). The van der Waals surface area contributed by atoms with E-state index in [1.54, 1.807) is 10.6 Å². The first-order valence-corrected chi connectivity index (χ1v) is 9.78. The van der Waals surface area contributed by atoms with Gasteiger partial charge in [0.05, 0.1) is 28.3 Å². The van der Waals surface area contributed by atoms with Crippen LogP contribution in [0.25, 0.3) is 16.5 Å². The van der Waals surface area contributed by atoms with Crippen molar-refractivity contribution < 1.29 is 0 Å². The summed E-state index contributed by atoms with van der Waals surface area (Å²) < 4.78 is 1.66. The second-order valence-electron chi connectivity index (χ2n) is 7.15. The van der Waals surface area contributed by atoms with E-state index in [0.717, 1.165) is 22.3 Å². The third-order valence-electron chi connectivity index (χ3n) is 4.95. The maximum atomic E-state index is 13.5. The van der Waals surface area contributed by atoms with Gasteiger partial charge in [-0.15, -0.1) is 0 Å². The summed E-state index contributed by atoms with van der Waals surface area (Å²) in [6.07, 6.45) is 1.45. The molecule has 152 valence electrons. The highest BCUT2D eigenvalue weighted by Gasteiger charge is 2.19. The number of hydrogen-bond donors (Lipinski definition) is 3. The molecule has 2 heterocycles. The zero-order valence-corrected chi connectivity index (χ0v) is 17.3. The first-order chi connectivity index (χ1) is 14.3. The van der Waals surface area contributed by atoms with E-state index in [4.69, 9.17) is 23.1 Å². The summed E-state index contributed by atoms with van der Waals surface area (Å²) in [7, 11) is 0. The molecule has 0 fully saturated rings. The first kappa shape index (κ1) is 19.7. The Kier molecular flexibility index (Phi) is 5.05. The van der Waals surface area contributed by atoms with E-state index < -0.39 is 0 Å². The zero-order chi connectivity index (χ0) is 21.4. The number of pyridine rings is 1. The second kappa shape index (κ2) is 7.68. The fraction of sp³-hybridized carbons (Fsp3) is 0.136. The van der Waals surface area contributed by atoms with Crippen molar-refractivity contribution in [3.05, 3.63) is 81.4 Å². The highest BCUT2D eigenvalue weighted by Crippen LogP contribution is 2.28. The van der Waals surface area contributed by atoms with Crippen molar-refractivity contribution in [3.8, 4) is 5.69 Å². The van der Waals surface area contributed by atoms with Crippen LogP contribution in [0.15, 0.2) is 59.5 Å². The number of aryl methyl sites for hydroxylation is 1. The van der Waals surface area contributed by atoms with Crippen molar-refractivity contribution >= 4 is 39.8 Å². The molecule has 0 saturated heterocycles. The van der Waals surface area contributed by atoms with Crippen molar-refractivity contribution in [1.29, 1.82) is 0 Å². The highest BCUT2D eigenvalue weighted by atomic mass is 35.5. The highest BCUT2D eigenvalue weighted by molar-refractivity contribution is 6.35. The van der Waals surface area contributed by atoms with Gasteiger partial charge in [-0.25, -0.2) is 4.98 Å². The summed E-state index contributed by atoms with van der Waals surface area (Å²) >= 11 is 6.37. The van der Waals surface area contributed by atoms with Crippen LogP contribution in [-0.2, 0) is 0 Å². The number of fused-ring (bicyclic) bond motifs is 1. The molecular formula is C22H21ClN6O. The van der Waals surface area contributed by atoms with Crippen LogP contribution >= 0.6 is 11.6 Å². The second-order valence-corrected chi connectivity index (χ2v) is 7.55. The zero-order valence-electron chi connectivity index (χ0n) is 16.6. The van der Waals surface area contributed by atoms with Gasteiger partial charge < -0.3 is 16.8 Å². The van der Waals surface area contributed by atoms with E-state index in [0.29, 0.717) is 21.9 Å². The molecule has 0 aliphatic rings. The molecule has 30 heavy (non-hydrogen) atoms. The number of aromatic nitrogens is 3. The quantitative estimate of drug-likeness (QED) is 0.458. The average Bonchev–Trinajstić information content (AvgIpc) is 2.71. The first-order valence-electron chi connectivity index (χ1n) is 9.41. The molecule has 4 aromatic rings. The van der Waals surface area contributed by atoms with Crippen molar-refractivity contribution in [2.45, 2.75) is 19.9 Å². The molecule has 1 atom stereocenters. The van der Waals surface area contributed by atoms with E-state index >= 15 is 0 Å². The van der Waals surface area contributed by atoms with Crippen molar-refractivity contribution in [1.82, 2.24) is 14.5 Å².